The molecule has 98 heavy (non-hydrogen) atoms. The summed E-state index contributed by atoms with van der Waals surface area (Å²) in [5.74, 6) is -10.3. The zero-order valence-electron chi connectivity index (χ0n) is 54.7. The van der Waals surface area contributed by atoms with Gasteiger partial charge in [0.25, 0.3) is 0 Å². The van der Waals surface area contributed by atoms with Gasteiger partial charge < -0.3 is 78.0 Å². The van der Waals surface area contributed by atoms with E-state index < -0.39 is 115 Å². The molecule has 32 nitrogen and oxygen atoms in total. The molecular formula is C66H92N12O20. The van der Waals surface area contributed by atoms with Crippen LogP contribution < -0.4 is 42.5 Å². The Bertz CT molecular complexity index is 3070. The predicted molar refractivity (Wildman–Crippen MR) is 353 cm³/mol. The van der Waals surface area contributed by atoms with Crippen LogP contribution in [0.15, 0.2) is 84.9 Å². The molecule has 1 saturated heterocycles. The lowest BCUT2D eigenvalue weighted by molar-refractivity contribution is -0.144. The molecule has 4 rings (SSSR count). The topological polar surface area (TPSA) is 470 Å². The molecule has 8 amide bonds. The van der Waals surface area contributed by atoms with Gasteiger partial charge in [-0.2, -0.15) is 0 Å². The summed E-state index contributed by atoms with van der Waals surface area (Å²) in [5, 5.41) is 77.6. The molecule has 32 heteroatoms. The van der Waals surface area contributed by atoms with Crippen molar-refractivity contribution in [1.29, 1.82) is 0 Å². The minimum atomic E-state index is -1.50. The van der Waals surface area contributed by atoms with Gasteiger partial charge >= 0.3 is 41.8 Å². The molecule has 3 unspecified atom stereocenters. The van der Waals surface area contributed by atoms with Gasteiger partial charge in [0.1, 0.15) is 24.4 Å². The molecule has 14 N–H and O–H groups in total. The van der Waals surface area contributed by atoms with Crippen molar-refractivity contribution in [1.82, 2.24) is 56.8 Å². The van der Waals surface area contributed by atoms with Crippen LogP contribution in [0.1, 0.15) is 93.7 Å². The number of carbonyl (C=O) groups is 14. The van der Waals surface area contributed by atoms with Crippen molar-refractivity contribution in [2.75, 3.05) is 96.9 Å². The summed E-state index contributed by atoms with van der Waals surface area (Å²) in [6.45, 7) is 0.491. The number of anilines is 1. The Balaban J connectivity index is 1.24. The van der Waals surface area contributed by atoms with Crippen LogP contribution in [0.25, 0.3) is 0 Å². The van der Waals surface area contributed by atoms with Crippen molar-refractivity contribution in [3.8, 4) is 0 Å². The fourth-order valence-corrected chi connectivity index (χ4v) is 10.6. The van der Waals surface area contributed by atoms with E-state index in [1.54, 1.807) is 88.7 Å². The van der Waals surface area contributed by atoms with Gasteiger partial charge in [-0.15, -0.1) is 0 Å². The zero-order chi connectivity index (χ0) is 71.8. The normalized spacial score (nSPS) is 14.4. The quantitative estimate of drug-likeness (QED) is 0.0261. The maximum absolute atomic E-state index is 14.1. The Morgan fingerprint density at radius 2 is 0.929 bits per heavy atom. The number of aldehydes is 1. The van der Waals surface area contributed by atoms with Gasteiger partial charge in [0.05, 0.1) is 32.2 Å². The minimum Gasteiger partial charge on any atom is -0.481 e. The van der Waals surface area contributed by atoms with Gasteiger partial charge in [0, 0.05) is 122 Å². The highest BCUT2D eigenvalue weighted by molar-refractivity contribution is 5.94. The number of carboxylic acid groups (broad SMARTS) is 6. The Kier molecular flexibility index (Phi) is 36.8. The molecule has 1 fully saturated rings. The van der Waals surface area contributed by atoms with E-state index >= 15 is 0 Å². The second kappa shape index (κ2) is 44.7. The van der Waals surface area contributed by atoms with Gasteiger partial charge in [-0.3, -0.25) is 72.3 Å². The van der Waals surface area contributed by atoms with E-state index in [2.05, 4.69) is 42.5 Å². The van der Waals surface area contributed by atoms with Gasteiger partial charge in [-0.1, -0.05) is 92.1 Å². The molecule has 0 aliphatic carbocycles. The highest BCUT2D eigenvalue weighted by Gasteiger charge is 2.30. The van der Waals surface area contributed by atoms with E-state index in [0.29, 0.717) is 89.0 Å². The number of nitrogens with one attached hydrogen (secondary N) is 8. The van der Waals surface area contributed by atoms with E-state index in [0.717, 1.165) is 17.5 Å². The standard InChI is InChI=1S/C66H92N12O20/c79-44-49(71-66(98)74-51(65(96)97)22-26-58(84)85)21-23-54(80)67-27-11-3-1-2-10-16-56(82)72-53(38-46-14-8-5-9-15-46)64(95)73-52(37-45-12-6-4-7-13-45)63(94)69-29-28-68-55(81)24-25-57(83)70-48-19-17-47(18-20-48)36-50(78(42-61(90)91)43-62(92)93)39-75-30-32-76(40-59(86)87)34-35-77(33-31-75)41-60(88)89/h4-9,12-15,17-20,44,49-53H,1-3,10-11,16,21-43H2,(H,67,80)(H,68,81)(H,69,94)(H,70,83)(H,72,82)(H,73,95)(H,84,85)(H,86,87)(H,88,89)(H,90,91)(H,92,93)(H,96,97)(H2,71,74,98)/t49?,50?,51?,52-,53-/m0/s1. The van der Waals surface area contributed by atoms with E-state index in [1.165, 1.54) is 4.90 Å². The molecule has 0 aromatic heterocycles. The Hall–Kier alpha value is -9.92. The summed E-state index contributed by atoms with van der Waals surface area (Å²) >= 11 is 0. The maximum atomic E-state index is 14.1. The van der Waals surface area contributed by atoms with E-state index in [4.69, 9.17) is 5.11 Å². The summed E-state index contributed by atoms with van der Waals surface area (Å²) in [5.41, 5.74) is 2.52. The third kappa shape index (κ3) is 34.7. The van der Waals surface area contributed by atoms with Crippen molar-refractivity contribution >= 4 is 89.3 Å². The third-order valence-electron chi connectivity index (χ3n) is 15.8. The lowest BCUT2D eigenvalue weighted by atomic mass is 10.0. The van der Waals surface area contributed by atoms with Crippen LogP contribution in [0, 0.1) is 0 Å². The predicted octanol–water partition coefficient (Wildman–Crippen LogP) is -0.0145. The fourth-order valence-electron chi connectivity index (χ4n) is 10.6. The molecule has 1 aliphatic heterocycles. The average molecular weight is 1370 g/mol. The first-order valence-electron chi connectivity index (χ1n) is 32.5. The van der Waals surface area contributed by atoms with Crippen molar-refractivity contribution < 1.29 is 97.8 Å². The number of rotatable bonds is 46. The van der Waals surface area contributed by atoms with Crippen LogP contribution in [-0.2, 0) is 81.6 Å². The van der Waals surface area contributed by atoms with Gasteiger partial charge in [0.2, 0.25) is 35.4 Å². The number of nitrogens with zero attached hydrogens (tertiary/aromatic N) is 4. The number of benzene rings is 3. The first-order valence-corrected chi connectivity index (χ1v) is 32.5. The lowest BCUT2D eigenvalue weighted by Crippen LogP contribution is -2.55. The largest absolute Gasteiger partial charge is 0.481 e. The molecule has 1 heterocycles. The number of unbranched alkanes of at least 4 members (excludes halogenated alkanes) is 4. The SMILES string of the molecule is O=CC(CCC(=O)NCCCCCCCC(=O)N[C@@H](Cc1ccccc1)C(=O)N[C@@H](Cc1ccccc1)C(=O)NCCNC(=O)CCC(=O)Nc1ccc(CC(CN2CCN(CC(=O)O)CCN(CC(=O)O)CC2)N(CC(=O)O)CC(=O)O)cc1)NC(=O)NC(CCC(=O)O)C(=O)O. The second-order valence-electron chi connectivity index (χ2n) is 23.7. The summed E-state index contributed by atoms with van der Waals surface area (Å²) in [6.07, 6.45) is 2.54. The molecule has 3 aromatic rings. The van der Waals surface area contributed by atoms with Gasteiger partial charge in [-0.05, 0) is 60.9 Å². The van der Waals surface area contributed by atoms with Crippen LogP contribution in [0.2, 0.25) is 0 Å². The number of amides is 8. The molecule has 0 saturated carbocycles. The summed E-state index contributed by atoms with van der Waals surface area (Å²) < 4.78 is 0. The summed E-state index contributed by atoms with van der Waals surface area (Å²) in [6, 6.07) is 18.1. The maximum Gasteiger partial charge on any atom is 0.326 e. The Morgan fingerprint density at radius 3 is 1.47 bits per heavy atom. The van der Waals surface area contributed by atoms with Crippen LogP contribution in [-0.4, -0.2) is 256 Å². The van der Waals surface area contributed by atoms with Crippen LogP contribution in [0.4, 0.5) is 10.5 Å². The molecule has 0 radical (unpaired) electrons. The third-order valence-corrected chi connectivity index (χ3v) is 15.8. The molecule has 5 atom stereocenters. The van der Waals surface area contributed by atoms with Crippen molar-refractivity contribution in [3.63, 3.8) is 0 Å². The number of urea groups is 1. The van der Waals surface area contributed by atoms with E-state index in [9.17, 15) is 92.7 Å². The van der Waals surface area contributed by atoms with Crippen LogP contribution in [0.3, 0.4) is 0 Å². The van der Waals surface area contributed by atoms with E-state index in [-0.39, 0.29) is 102 Å². The van der Waals surface area contributed by atoms with E-state index in [1.807, 2.05) is 11.0 Å². The van der Waals surface area contributed by atoms with Gasteiger partial charge in [0.15, 0.2) is 0 Å². The molecule has 0 spiro atoms. The summed E-state index contributed by atoms with van der Waals surface area (Å²) in [4.78, 5) is 180. The van der Waals surface area contributed by atoms with Crippen molar-refractivity contribution in [3.05, 3.63) is 102 Å². The number of hydrogen-bond donors (Lipinski definition) is 14. The summed E-state index contributed by atoms with van der Waals surface area (Å²) in [7, 11) is 0. The Labute approximate surface area is 567 Å². The van der Waals surface area contributed by atoms with Gasteiger partial charge in [-0.25, -0.2) is 9.59 Å². The van der Waals surface area contributed by atoms with Crippen LogP contribution in [0.5, 0.6) is 0 Å². The highest BCUT2D eigenvalue weighted by atomic mass is 16.4. The molecule has 0 bridgehead atoms. The molecule has 1 aliphatic rings. The number of carbonyl (C=O) groups excluding carboxylic acids is 8. The minimum absolute atomic E-state index is 0.0286. The van der Waals surface area contributed by atoms with Crippen molar-refractivity contribution in [2.45, 2.75) is 127 Å². The smallest absolute Gasteiger partial charge is 0.326 e. The molecule has 3 aromatic carbocycles. The number of aliphatic carboxylic acids is 6. The van der Waals surface area contributed by atoms with Crippen molar-refractivity contribution in [2.24, 2.45) is 0 Å². The first kappa shape index (κ1) is 80.5. The highest BCUT2D eigenvalue weighted by Crippen LogP contribution is 2.17. The monoisotopic (exact) mass is 1370 g/mol. The first-order chi connectivity index (χ1) is 46.8. The van der Waals surface area contributed by atoms with Crippen LogP contribution >= 0.6 is 0 Å². The average Bonchev–Trinajstić information content (AvgIpc) is 1.02. The number of hydrogen-bond acceptors (Lipinski definition) is 18. The zero-order valence-corrected chi connectivity index (χ0v) is 54.7. The molecular weight excluding hydrogens is 1280 g/mol. The lowest BCUT2D eigenvalue weighted by Gasteiger charge is -2.35. The number of carboxylic acids is 6. The second-order valence-corrected chi connectivity index (χ2v) is 23.7. The molecule has 536 valence electrons. The fraction of sp³-hybridized carbons (Fsp3) is 0.515. The Morgan fingerprint density at radius 1 is 0.429 bits per heavy atom.